The SMILES string of the molecule is C=CCC(O)(c1ccccc1)[C@@]1(C)CC[C@@H]2c3ccc(OC)cc3CC[C@H]2[C@@H]1CC. The fraction of sp³-hybridized carbons (Fsp3) is 0.500. The summed E-state index contributed by atoms with van der Waals surface area (Å²) in [6.07, 6.45) is 8.04. The van der Waals surface area contributed by atoms with Crippen molar-refractivity contribution < 1.29 is 9.84 Å². The van der Waals surface area contributed by atoms with Crippen LogP contribution < -0.4 is 4.74 Å². The van der Waals surface area contributed by atoms with Crippen molar-refractivity contribution in [2.45, 2.75) is 63.9 Å². The van der Waals surface area contributed by atoms with Gasteiger partial charge in [0.15, 0.2) is 0 Å². The molecule has 4 rings (SSSR count). The van der Waals surface area contributed by atoms with Crippen molar-refractivity contribution in [3.63, 3.8) is 0 Å². The summed E-state index contributed by atoms with van der Waals surface area (Å²) in [4.78, 5) is 0. The van der Waals surface area contributed by atoms with E-state index >= 15 is 0 Å². The third kappa shape index (κ3) is 3.21. The van der Waals surface area contributed by atoms with E-state index in [9.17, 15) is 5.11 Å². The van der Waals surface area contributed by atoms with E-state index in [1.54, 1.807) is 7.11 Å². The van der Waals surface area contributed by atoms with E-state index in [1.165, 1.54) is 17.5 Å². The molecule has 2 aliphatic rings. The topological polar surface area (TPSA) is 29.5 Å². The second-order valence-electron chi connectivity index (χ2n) is 9.56. The fourth-order valence-corrected chi connectivity index (χ4v) is 6.88. The van der Waals surface area contributed by atoms with E-state index in [1.807, 2.05) is 24.3 Å². The highest BCUT2D eigenvalue weighted by atomic mass is 16.5. The van der Waals surface area contributed by atoms with Crippen LogP contribution in [0.3, 0.4) is 0 Å². The molecule has 5 atom stereocenters. The molecule has 0 saturated heterocycles. The number of aryl methyl sites for hydroxylation is 1. The van der Waals surface area contributed by atoms with Gasteiger partial charge in [0.05, 0.1) is 12.7 Å². The van der Waals surface area contributed by atoms with Crippen molar-refractivity contribution in [3.05, 3.63) is 77.9 Å². The average Bonchev–Trinajstić information content (AvgIpc) is 2.78. The molecule has 30 heavy (non-hydrogen) atoms. The number of hydrogen-bond acceptors (Lipinski definition) is 2. The molecule has 0 aliphatic heterocycles. The molecule has 1 unspecified atom stereocenters. The van der Waals surface area contributed by atoms with Crippen LogP contribution in [-0.2, 0) is 12.0 Å². The van der Waals surface area contributed by atoms with Crippen molar-refractivity contribution in [2.24, 2.45) is 17.3 Å². The zero-order chi connectivity index (χ0) is 21.4. The predicted octanol–water partition coefficient (Wildman–Crippen LogP) is 6.63. The Bertz CT molecular complexity index is 889. The maximum Gasteiger partial charge on any atom is 0.119 e. The average molecular weight is 405 g/mol. The third-order valence-electron chi connectivity index (χ3n) is 8.40. The van der Waals surface area contributed by atoms with Crippen molar-refractivity contribution in [1.82, 2.24) is 0 Å². The van der Waals surface area contributed by atoms with Gasteiger partial charge in [-0.05, 0) is 78.7 Å². The first-order chi connectivity index (χ1) is 14.5. The minimum absolute atomic E-state index is 0.178. The van der Waals surface area contributed by atoms with Gasteiger partial charge in [0.2, 0.25) is 0 Å². The molecule has 1 fully saturated rings. The molecule has 0 bridgehead atoms. The first kappa shape index (κ1) is 21.2. The molecule has 2 aliphatic carbocycles. The Balaban J connectivity index is 1.74. The smallest absolute Gasteiger partial charge is 0.119 e. The van der Waals surface area contributed by atoms with Crippen LogP contribution in [0.25, 0.3) is 0 Å². The van der Waals surface area contributed by atoms with Crippen LogP contribution in [0.5, 0.6) is 5.75 Å². The second kappa shape index (κ2) is 8.23. The summed E-state index contributed by atoms with van der Waals surface area (Å²) in [6, 6.07) is 17.0. The third-order valence-corrected chi connectivity index (χ3v) is 8.40. The van der Waals surface area contributed by atoms with E-state index in [0.29, 0.717) is 24.2 Å². The van der Waals surface area contributed by atoms with Crippen molar-refractivity contribution in [2.75, 3.05) is 7.11 Å². The molecule has 2 nitrogen and oxygen atoms in total. The molecule has 1 N–H and O–H groups in total. The van der Waals surface area contributed by atoms with Gasteiger partial charge >= 0.3 is 0 Å². The van der Waals surface area contributed by atoms with Gasteiger partial charge in [-0.25, -0.2) is 0 Å². The molecule has 1 saturated carbocycles. The number of benzene rings is 2. The number of hydrogen-bond donors (Lipinski definition) is 1. The summed E-state index contributed by atoms with van der Waals surface area (Å²) in [7, 11) is 1.75. The van der Waals surface area contributed by atoms with Gasteiger partial charge in [0, 0.05) is 5.41 Å². The lowest BCUT2D eigenvalue weighted by Crippen LogP contribution is -2.54. The Kier molecular flexibility index (Phi) is 5.81. The molecule has 2 aromatic rings. The van der Waals surface area contributed by atoms with Crippen LogP contribution in [0.15, 0.2) is 61.2 Å². The lowest BCUT2D eigenvalue weighted by molar-refractivity contribution is -0.151. The molecule has 2 heteroatoms. The van der Waals surface area contributed by atoms with Crippen molar-refractivity contribution in [3.8, 4) is 5.75 Å². The maximum absolute atomic E-state index is 12.2. The van der Waals surface area contributed by atoms with E-state index in [4.69, 9.17) is 4.74 Å². The summed E-state index contributed by atoms with van der Waals surface area (Å²) in [5.74, 6) is 2.62. The maximum atomic E-state index is 12.2. The second-order valence-corrected chi connectivity index (χ2v) is 9.56. The molecule has 0 amide bonds. The Morgan fingerprint density at radius 2 is 1.97 bits per heavy atom. The number of ether oxygens (including phenoxy) is 1. The Hall–Kier alpha value is -2.06. The highest BCUT2D eigenvalue weighted by Gasteiger charge is 2.57. The minimum atomic E-state index is -0.887. The quantitative estimate of drug-likeness (QED) is 0.547. The first-order valence-electron chi connectivity index (χ1n) is 11.5. The number of aliphatic hydroxyl groups is 1. The number of methoxy groups -OCH3 is 1. The zero-order valence-corrected chi connectivity index (χ0v) is 18.7. The van der Waals surface area contributed by atoms with Crippen molar-refractivity contribution >= 4 is 0 Å². The van der Waals surface area contributed by atoms with Gasteiger partial charge in [-0.15, -0.1) is 6.58 Å². The molecule has 0 spiro atoms. The van der Waals surface area contributed by atoms with Crippen LogP contribution in [-0.4, -0.2) is 12.2 Å². The van der Waals surface area contributed by atoms with Gasteiger partial charge in [-0.3, -0.25) is 0 Å². The lowest BCUT2D eigenvalue weighted by Gasteiger charge is -2.58. The van der Waals surface area contributed by atoms with Gasteiger partial charge in [0.25, 0.3) is 0 Å². The van der Waals surface area contributed by atoms with Gasteiger partial charge < -0.3 is 9.84 Å². The van der Waals surface area contributed by atoms with E-state index in [2.05, 4.69) is 50.8 Å². The molecule has 2 aromatic carbocycles. The van der Waals surface area contributed by atoms with Crippen LogP contribution in [0, 0.1) is 17.3 Å². The van der Waals surface area contributed by atoms with Gasteiger partial charge in [-0.2, -0.15) is 0 Å². The Labute approximate surface area is 182 Å². The zero-order valence-electron chi connectivity index (χ0n) is 18.7. The molecule has 0 aromatic heterocycles. The molecular formula is C28H36O2. The molecular weight excluding hydrogens is 368 g/mol. The van der Waals surface area contributed by atoms with Crippen LogP contribution in [0.4, 0.5) is 0 Å². The van der Waals surface area contributed by atoms with E-state index in [0.717, 1.165) is 37.0 Å². The van der Waals surface area contributed by atoms with Crippen molar-refractivity contribution in [1.29, 1.82) is 0 Å². The summed E-state index contributed by atoms with van der Waals surface area (Å²) < 4.78 is 5.47. The van der Waals surface area contributed by atoms with Crippen LogP contribution in [0.2, 0.25) is 0 Å². The normalized spacial score (nSPS) is 29.9. The van der Waals surface area contributed by atoms with E-state index in [-0.39, 0.29) is 5.41 Å². The predicted molar refractivity (Wildman–Crippen MR) is 124 cm³/mol. The summed E-state index contributed by atoms with van der Waals surface area (Å²) in [5, 5.41) is 12.2. The van der Waals surface area contributed by atoms with Gasteiger partial charge in [-0.1, -0.05) is 62.7 Å². The summed E-state index contributed by atoms with van der Waals surface area (Å²) >= 11 is 0. The number of fused-ring (bicyclic) bond motifs is 3. The van der Waals surface area contributed by atoms with Crippen LogP contribution in [0.1, 0.15) is 68.6 Å². The highest BCUT2D eigenvalue weighted by molar-refractivity contribution is 5.41. The Morgan fingerprint density at radius 3 is 2.63 bits per heavy atom. The molecule has 0 radical (unpaired) electrons. The van der Waals surface area contributed by atoms with Crippen LogP contribution >= 0.6 is 0 Å². The standard InChI is InChI=1S/C28H36O2/c1-5-17-28(29,21-10-8-7-9-11-21)27(3)18-16-24-23-15-13-22(30-4)19-20(23)12-14-25(24)26(27)6-2/h5,7-11,13,15,19,24-26,29H,1,6,12,14,16-18H2,2-4H3/t24-,25-,26+,27+,28?/m1/s1. The molecule has 160 valence electrons. The van der Waals surface area contributed by atoms with Gasteiger partial charge in [0.1, 0.15) is 5.75 Å². The fourth-order valence-electron chi connectivity index (χ4n) is 6.88. The van der Waals surface area contributed by atoms with E-state index < -0.39 is 5.60 Å². The summed E-state index contributed by atoms with van der Waals surface area (Å²) in [6.45, 7) is 8.66. The first-order valence-corrected chi connectivity index (χ1v) is 11.5. The Morgan fingerprint density at radius 1 is 1.20 bits per heavy atom. The minimum Gasteiger partial charge on any atom is -0.497 e. The highest BCUT2D eigenvalue weighted by Crippen LogP contribution is 2.62. The monoisotopic (exact) mass is 404 g/mol. The lowest BCUT2D eigenvalue weighted by atomic mass is 9.48. The summed E-state index contributed by atoms with van der Waals surface area (Å²) in [5.41, 5.74) is 2.94. The molecule has 0 heterocycles. The largest absolute Gasteiger partial charge is 0.497 e. The number of rotatable bonds is 6.